The van der Waals surface area contributed by atoms with Crippen molar-refractivity contribution >= 4 is 11.1 Å². The average Bonchev–Trinajstić information content (AvgIpc) is 2.75. The van der Waals surface area contributed by atoms with Gasteiger partial charge in [0.05, 0.1) is 11.6 Å². The van der Waals surface area contributed by atoms with E-state index in [1.54, 1.807) is 17.8 Å². The highest BCUT2D eigenvalue weighted by Gasteiger charge is 2.19. The van der Waals surface area contributed by atoms with Gasteiger partial charge in [0.1, 0.15) is 0 Å². The van der Waals surface area contributed by atoms with E-state index in [0.717, 1.165) is 42.2 Å². The maximum absolute atomic E-state index is 12.0. The molecule has 0 saturated heterocycles. The number of hydrogen-bond donors (Lipinski definition) is 0. The first-order valence-corrected chi connectivity index (χ1v) is 5.24. The van der Waals surface area contributed by atoms with Crippen LogP contribution in [0.2, 0.25) is 0 Å². The fraction of sp³-hybridized carbons (Fsp3) is 0.455. The van der Waals surface area contributed by atoms with Gasteiger partial charge in [-0.15, -0.1) is 0 Å². The van der Waals surface area contributed by atoms with E-state index >= 15 is 0 Å². The van der Waals surface area contributed by atoms with E-state index in [9.17, 15) is 4.79 Å². The van der Waals surface area contributed by atoms with Crippen molar-refractivity contribution in [3.05, 3.63) is 27.7 Å². The molecule has 1 aliphatic rings. The summed E-state index contributed by atoms with van der Waals surface area (Å²) in [6, 6.07) is 0. The summed E-state index contributed by atoms with van der Waals surface area (Å²) in [5.74, 6) is 0. The zero-order chi connectivity index (χ0) is 10.4. The third-order valence-corrected chi connectivity index (χ3v) is 3.21. The highest BCUT2D eigenvalue weighted by atomic mass is 16.5. The molecule has 1 aliphatic carbocycles. The number of rotatable bonds is 0. The Morgan fingerprint density at radius 3 is 2.87 bits per heavy atom. The quantitative estimate of drug-likeness (QED) is 0.651. The standard InChI is InChI=1S/C11H12N2O2/c1-13-10(14)8-5-3-2-4-7(8)9-6-12-15-11(9)13/h6H,2-5H2,1H3. The maximum atomic E-state index is 12.0. The van der Waals surface area contributed by atoms with Crippen LogP contribution in [0.15, 0.2) is 15.5 Å². The number of hydrogen-bond acceptors (Lipinski definition) is 3. The lowest BCUT2D eigenvalue weighted by atomic mass is 9.91. The molecule has 0 saturated carbocycles. The van der Waals surface area contributed by atoms with E-state index in [2.05, 4.69) is 5.16 Å². The molecule has 0 amide bonds. The second-order valence-corrected chi connectivity index (χ2v) is 4.07. The summed E-state index contributed by atoms with van der Waals surface area (Å²) in [5, 5.41) is 4.78. The molecular formula is C11H12N2O2. The Morgan fingerprint density at radius 1 is 1.33 bits per heavy atom. The Kier molecular flexibility index (Phi) is 1.71. The van der Waals surface area contributed by atoms with Gasteiger partial charge in [-0.1, -0.05) is 5.16 Å². The number of aromatic nitrogens is 2. The largest absolute Gasteiger partial charge is 0.338 e. The van der Waals surface area contributed by atoms with Crippen LogP contribution in [0.5, 0.6) is 0 Å². The third kappa shape index (κ3) is 1.07. The number of pyridine rings is 1. The first-order valence-electron chi connectivity index (χ1n) is 5.24. The zero-order valence-corrected chi connectivity index (χ0v) is 8.62. The van der Waals surface area contributed by atoms with E-state index < -0.39 is 0 Å². The molecular weight excluding hydrogens is 192 g/mol. The lowest BCUT2D eigenvalue weighted by Crippen LogP contribution is -2.25. The first-order chi connectivity index (χ1) is 7.29. The molecule has 2 aromatic heterocycles. The SMILES string of the molecule is Cn1c(=O)c2c(c3cnoc31)CCCC2. The number of nitrogens with zero attached hydrogens (tertiary/aromatic N) is 2. The fourth-order valence-corrected chi connectivity index (χ4v) is 2.42. The Morgan fingerprint density at radius 2 is 2.07 bits per heavy atom. The molecule has 0 N–H and O–H groups in total. The molecule has 4 heteroatoms. The van der Waals surface area contributed by atoms with E-state index in [4.69, 9.17) is 4.52 Å². The Balaban J connectivity index is 2.50. The van der Waals surface area contributed by atoms with Crippen molar-refractivity contribution in [3.63, 3.8) is 0 Å². The molecule has 0 unspecified atom stereocenters. The molecule has 0 spiro atoms. The van der Waals surface area contributed by atoms with E-state index in [-0.39, 0.29) is 5.56 Å². The summed E-state index contributed by atoms with van der Waals surface area (Å²) in [7, 11) is 1.74. The van der Waals surface area contributed by atoms with Gasteiger partial charge < -0.3 is 4.52 Å². The maximum Gasteiger partial charge on any atom is 0.256 e. The van der Waals surface area contributed by atoms with Crippen LogP contribution >= 0.6 is 0 Å². The fourth-order valence-electron chi connectivity index (χ4n) is 2.42. The van der Waals surface area contributed by atoms with Crippen LogP contribution in [0.1, 0.15) is 24.0 Å². The monoisotopic (exact) mass is 204 g/mol. The van der Waals surface area contributed by atoms with Crippen molar-refractivity contribution in [2.24, 2.45) is 7.05 Å². The molecule has 0 atom stereocenters. The second-order valence-electron chi connectivity index (χ2n) is 4.07. The Bertz CT molecular complexity index is 580. The van der Waals surface area contributed by atoms with Gasteiger partial charge >= 0.3 is 0 Å². The second kappa shape index (κ2) is 2.95. The summed E-state index contributed by atoms with van der Waals surface area (Å²) in [6.45, 7) is 0. The van der Waals surface area contributed by atoms with Gasteiger partial charge in [-0.25, -0.2) is 0 Å². The van der Waals surface area contributed by atoms with E-state index in [1.165, 1.54) is 0 Å². The molecule has 15 heavy (non-hydrogen) atoms. The van der Waals surface area contributed by atoms with Crippen LogP contribution in [0.25, 0.3) is 11.1 Å². The summed E-state index contributed by atoms with van der Waals surface area (Å²) >= 11 is 0. The number of fused-ring (bicyclic) bond motifs is 3. The smallest absolute Gasteiger partial charge is 0.256 e. The molecule has 0 radical (unpaired) electrons. The third-order valence-electron chi connectivity index (χ3n) is 3.21. The zero-order valence-electron chi connectivity index (χ0n) is 8.62. The van der Waals surface area contributed by atoms with Gasteiger partial charge in [0.2, 0.25) is 5.71 Å². The van der Waals surface area contributed by atoms with Crippen LogP contribution in [0, 0.1) is 0 Å². The summed E-state index contributed by atoms with van der Waals surface area (Å²) in [5.41, 5.74) is 2.79. The molecule has 2 heterocycles. The predicted octanol–water partition coefficient (Wildman–Crippen LogP) is 1.41. The normalized spacial score (nSPS) is 15.5. The number of aryl methyl sites for hydroxylation is 2. The van der Waals surface area contributed by atoms with Crippen molar-refractivity contribution < 1.29 is 4.52 Å². The van der Waals surface area contributed by atoms with Crippen LogP contribution in [-0.4, -0.2) is 9.72 Å². The molecule has 2 aromatic rings. The van der Waals surface area contributed by atoms with Crippen molar-refractivity contribution in [2.75, 3.05) is 0 Å². The van der Waals surface area contributed by atoms with Crippen molar-refractivity contribution in [2.45, 2.75) is 25.7 Å². The molecule has 78 valence electrons. The average molecular weight is 204 g/mol. The highest BCUT2D eigenvalue weighted by Crippen LogP contribution is 2.25. The topological polar surface area (TPSA) is 48.0 Å². The van der Waals surface area contributed by atoms with Crippen molar-refractivity contribution in [1.29, 1.82) is 0 Å². The lowest BCUT2D eigenvalue weighted by Gasteiger charge is -2.16. The van der Waals surface area contributed by atoms with Crippen molar-refractivity contribution in [3.8, 4) is 0 Å². The summed E-state index contributed by atoms with van der Waals surface area (Å²) in [4.78, 5) is 12.0. The van der Waals surface area contributed by atoms with Gasteiger partial charge in [-0.2, -0.15) is 0 Å². The molecule has 4 nitrogen and oxygen atoms in total. The minimum absolute atomic E-state index is 0.0777. The minimum Gasteiger partial charge on any atom is -0.338 e. The van der Waals surface area contributed by atoms with Gasteiger partial charge in [-0.05, 0) is 31.2 Å². The molecule has 0 bridgehead atoms. The molecule has 0 aliphatic heterocycles. The van der Waals surface area contributed by atoms with Gasteiger partial charge in [0.15, 0.2) is 0 Å². The van der Waals surface area contributed by atoms with Crippen LogP contribution < -0.4 is 5.56 Å². The Hall–Kier alpha value is -1.58. The van der Waals surface area contributed by atoms with Crippen LogP contribution in [-0.2, 0) is 19.9 Å². The predicted molar refractivity (Wildman–Crippen MR) is 55.9 cm³/mol. The van der Waals surface area contributed by atoms with Crippen molar-refractivity contribution in [1.82, 2.24) is 9.72 Å². The van der Waals surface area contributed by atoms with E-state index in [1.807, 2.05) is 0 Å². The Labute approximate surface area is 86.5 Å². The molecule has 0 aromatic carbocycles. The van der Waals surface area contributed by atoms with Crippen LogP contribution in [0.4, 0.5) is 0 Å². The molecule has 0 fully saturated rings. The van der Waals surface area contributed by atoms with E-state index in [0.29, 0.717) is 5.71 Å². The molecule has 3 rings (SSSR count). The van der Waals surface area contributed by atoms with Gasteiger partial charge in [0, 0.05) is 12.6 Å². The van der Waals surface area contributed by atoms with Crippen LogP contribution in [0.3, 0.4) is 0 Å². The van der Waals surface area contributed by atoms with Gasteiger partial charge in [0.25, 0.3) is 5.56 Å². The van der Waals surface area contributed by atoms with Gasteiger partial charge in [-0.3, -0.25) is 9.36 Å². The minimum atomic E-state index is 0.0777. The first kappa shape index (κ1) is 8.71. The highest BCUT2D eigenvalue weighted by molar-refractivity contribution is 5.78. The summed E-state index contributed by atoms with van der Waals surface area (Å²) < 4.78 is 6.67. The lowest BCUT2D eigenvalue weighted by molar-refractivity contribution is 0.436. The summed E-state index contributed by atoms with van der Waals surface area (Å²) in [6.07, 6.45) is 5.85.